The fourth-order valence-corrected chi connectivity index (χ4v) is 1.61. The molecule has 4 nitrogen and oxygen atoms in total. The monoisotopic (exact) mass is 238 g/mol. The van der Waals surface area contributed by atoms with Crippen molar-refractivity contribution in [2.75, 3.05) is 20.3 Å². The lowest BCUT2D eigenvalue weighted by molar-refractivity contribution is 0.120. The van der Waals surface area contributed by atoms with Gasteiger partial charge >= 0.3 is 0 Å². The highest BCUT2D eigenvalue weighted by Crippen LogP contribution is 2.13. The normalized spacial score (nSPS) is 12.4. The van der Waals surface area contributed by atoms with Gasteiger partial charge in [0.1, 0.15) is 5.75 Å². The molecule has 0 saturated carbocycles. The topological polar surface area (TPSA) is 56.5 Å². The van der Waals surface area contributed by atoms with Gasteiger partial charge < -0.3 is 9.47 Å². The van der Waals surface area contributed by atoms with Crippen LogP contribution in [-0.4, -0.2) is 26.4 Å². The zero-order valence-corrected chi connectivity index (χ0v) is 10.6. The Morgan fingerprint density at radius 1 is 1.29 bits per heavy atom. The zero-order chi connectivity index (χ0) is 12.5. The van der Waals surface area contributed by atoms with Crippen LogP contribution < -0.4 is 16.0 Å². The summed E-state index contributed by atoms with van der Waals surface area (Å²) in [7, 11) is 1.67. The van der Waals surface area contributed by atoms with E-state index in [1.54, 1.807) is 7.11 Å². The fraction of sp³-hybridized carbons (Fsp3) is 0.538. The average Bonchev–Trinajstić information content (AvgIpc) is 2.39. The third kappa shape index (κ3) is 5.17. The molecule has 0 spiro atoms. The van der Waals surface area contributed by atoms with Gasteiger partial charge in [0.05, 0.1) is 13.7 Å². The molecule has 0 aliphatic heterocycles. The quantitative estimate of drug-likeness (QED) is 0.532. The second-order valence-corrected chi connectivity index (χ2v) is 3.91. The van der Waals surface area contributed by atoms with Crippen LogP contribution in [0.15, 0.2) is 24.3 Å². The highest BCUT2D eigenvalue weighted by molar-refractivity contribution is 5.27. The Balaban J connectivity index is 2.36. The average molecular weight is 238 g/mol. The molecule has 0 aromatic heterocycles. The van der Waals surface area contributed by atoms with Crippen molar-refractivity contribution >= 4 is 0 Å². The molecule has 4 heteroatoms. The van der Waals surface area contributed by atoms with Crippen LogP contribution in [0.25, 0.3) is 0 Å². The SMILES string of the molecule is CCOCC(CCc1ccc(OC)cc1)NN. The van der Waals surface area contributed by atoms with Crippen LogP contribution in [0, 0.1) is 0 Å². The summed E-state index contributed by atoms with van der Waals surface area (Å²) < 4.78 is 10.5. The number of hydrazine groups is 1. The van der Waals surface area contributed by atoms with Gasteiger partial charge in [-0.3, -0.25) is 11.3 Å². The first-order valence-corrected chi connectivity index (χ1v) is 5.97. The summed E-state index contributed by atoms with van der Waals surface area (Å²) in [4.78, 5) is 0. The molecule has 0 heterocycles. The zero-order valence-electron chi connectivity index (χ0n) is 10.6. The lowest BCUT2D eigenvalue weighted by Crippen LogP contribution is -2.39. The number of benzene rings is 1. The van der Waals surface area contributed by atoms with Crippen molar-refractivity contribution in [1.29, 1.82) is 0 Å². The Kier molecular flexibility index (Phi) is 6.62. The van der Waals surface area contributed by atoms with Crippen molar-refractivity contribution in [3.8, 4) is 5.75 Å². The van der Waals surface area contributed by atoms with E-state index in [-0.39, 0.29) is 6.04 Å². The van der Waals surface area contributed by atoms with E-state index in [0.29, 0.717) is 6.61 Å². The molecular weight excluding hydrogens is 216 g/mol. The van der Waals surface area contributed by atoms with E-state index >= 15 is 0 Å². The highest BCUT2D eigenvalue weighted by atomic mass is 16.5. The summed E-state index contributed by atoms with van der Waals surface area (Å²) in [5.41, 5.74) is 4.06. The number of methoxy groups -OCH3 is 1. The van der Waals surface area contributed by atoms with E-state index < -0.39 is 0 Å². The molecule has 3 N–H and O–H groups in total. The molecule has 0 bridgehead atoms. The molecule has 0 radical (unpaired) electrons. The smallest absolute Gasteiger partial charge is 0.118 e. The predicted octanol–water partition coefficient (Wildman–Crippen LogP) is 1.50. The summed E-state index contributed by atoms with van der Waals surface area (Å²) in [5, 5.41) is 0. The molecule has 17 heavy (non-hydrogen) atoms. The van der Waals surface area contributed by atoms with Crippen molar-refractivity contribution in [3.05, 3.63) is 29.8 Å². The van der Waals surface area contributed by atoms with Gasteiger partial charge in [-0.2, -0.15) is 0 Å². The minimum absolute atomic E-state index is 0.206. The van der Waals surface area contributed by atoms with Crippen molar-refractivity contribution in [3.63, 3.8) is 0 Å². The number of hydrogen-bond acceptors (Lipinski definition) is 4. The summed E-state index contributed by atoms with van der Waals surface area (Å²) in [6.07, 6.45) is 1.94. The first-order valence-electron chi connectivity index (χ1n) is 5.97. The summed E-state index contributed by atoms with van der Waals surface area (Å²) in [6.45, 7) is 3.36. The van der Waals surface area contributed by atoms with Gasteiger partial charge in [-0.1, -0.05) is 12.1 Å². The maximum Gasteiger partial charge on any atom is 0.118 e. The van der Waals surface area contributed by atoms with Gasteiger partial charge in [-0.15, -0.1) is 0 Å². The Morgan fingerprint density at radius 3 is 2.53 bits per heavy atom. The third-order valence-corrected chi connectivity index (χ3v) is 2.70. The summed E-state index contributed by atoms with van der Waals surface area (Å²) in [6, 6.07) is 8.31. The molecule has 1 aromatic rings. The number of nitrogens with two attached hydrogens (primary N) is 1. The molecule has 1 aromatic carbocycles. The van der Waals surface area contributed by atoms with E-state index in [1.165, 1.54) is 5.56 Å². The predicted molar refractivity (Wildman–Crippen MR) is 68.9 cm³/mol. The van der Waals surface area contributed by atoms with E-state index in [1.807, 2.05) is 19.1 Å². The molecule has 0 aliphatic carbocycles. The van der Waals surface area contributed by atoms with Crippen LogP contribution in [0.3, 0.4) is 0 Å². The van der Waals surface area contributed by atoms with E-state index in [9.17, 15) is 0 Å². The first-order chi connectivity index (χ1) is 8.30. The van der Waals surface area contributed by atoms with Crippen molar-refractivity contribution in [2.24, 2.45) is 5.84 Å². The number of rotatable bonds is 8. The van der Waals surface area contributed by atoms with Crippen LogP contribution in [-0.2, 0) is 11.2 Å². The largest absolute Gasteiger partial charge is 0.497 e. The summed E-state index contributed by atoms with van der Waals surface area (Å²) in [5.74, 6) is 6.36. The van der Waals surface area contributed by atoms with Crippen LogP contribution >= 0.6 is 0 Å². The lowest BCUT2D eigenvalue weighted by atomic mass is 10.1. The minimum Gasteiger partial charge on any atom is -0.497 e. The van der Waals surface area contributed by atoms with E-state index in [2.05, 4.69) is 17.6 Å². The second kappa shape index (κ2) is 8.06. The molecule has 0 fully saturated rings. The fourth-order valence-electron chi connectivity index (χ4n) is 1.61. The van der Waals surface area contributed by atoms with E-state index in [0.717, 1.165) is 25.2 Å². The maximum atomic E-state index is 5.47. The molecule has 0 aliphatic rings. The van der Waals surface area contributed by atoms with Gasteiger partial charge in [0, 0.05) is 12.6 Å². The minimum atomic E-state index is 0.206. The number of nitrogens with one attached hydrogen (secondary N) is 1. The third-order valence-electron chi connectivity index (χ3n) is 2.70. The van der Waals surface area contributed by atoms with Crippen LogP contribution in [0.1, 0.15) is 18.9 Å². The van der Waals surface area contributed by atoms with Gasteiger partial charge in [-0.25, -0.2) is 0 Å². The Bertz CT molecular complexity index is 301. The second-order valence-electron chi connectivity index (χ2n) is 3.91. The Morgan fingerprint density at radius 2 is 2.00 bits per heavy atom. The maximum absolute atomic E-state index is 5.47. The molecule has 1 atom stereocenters. The van der Waals surface area contributed by atoms with Crippen molar-refractivity contribution in [2.45, 2.75) is 25.8 Å². The van der Waals surface area contributed by atoms with Gasteiger partial charge in [-0.05, 0) is 37.5 Å². The van der Waals surface area contributed by atoms with Gasteiger partial charge in [0.15, 0.2) is 0 Å². The van der Waals surface area contributed by atoms with Crippen molar-refractivity contribution < 1.29 is 9.47 Å². The first kappa shape index (κ1) is 14.0. The number of hydrogen-bond donors (Lipinski definition) is 2. The van der Waals surface area contributed by atoms with Gasteiger partial charge in [0.2, 0.25) is 0 Å². The van der Waals surface area contributed by atoms with E-state index in [4.69, 9.17) is 15.3 Å². The Labute approximate surface area is 103 Å². The number of aryl methyl sites for hydroxylation is 1. The van der Waals surface area contributed by atoms with Crippen LogP contribution in [0.2, 0.25) is 0 Å². The Hall–Kier alpha value is -1.10. The number of ether oxygens (including phenoxy) is 2. The standard InChI is InChI=1S/C13H22N2O2/c1-3-17-10-12(15-14)7-4-11-5-8-13(16-2)9-6-11/h5-6,8-9,12,15H,3-4,7,10,14H2,1-2H3. The lowest BCUT2D eigenvalue weighted by Gasteiger charge is -2.15. The molecular formula is C13H22N2O2. The van der Waals surface area contributed by atoms with Crippen LogP contribution in [0.4, 0.5) is 0 Å². The van der Waals surface area contributed by atoms with Gasteiger partial charge in [0.25, 0.3) is 0 Å². The highest BCUT2D eigenvalue weighted by Gasteiger charge is 2.06. The molecule has 1 rings (SSSR count). The molecule has 1 unspecified atom stereocenters. The van der Waals surface area contributed by atoms with Crippen LogP contribution in [0.5, 0.6) is 5.75 Å². The molecule has 0 amide bonds. The summed E-state index contributed by atoms with van der Waals surface area (Å²) >= 11 is 0. The molecule has 0 saturated heterocycles. The van der Waals surface area contributed by atoms with Crippen molar-refractivity contribution in [1.82, 2.24) is 5.43 Å². The molecule has 96 valence electrons.